The molecule has 1 aliphatic heterocycles. The molecule has 1 fully saturated rings. The van der Waals surface area contributed by atoms with Gasteiger partial charge in [0, 0.05) is 32.0 Å². The first-order valence-electron chi connectivity index (χ1n) is 9.70. The van der Waals surface area contributed by atoms with Crippen molar-refractivity contribution in [2.24, 2.45) is 5.92 Å². The Bertz CT molecular complexity index is 1070. The first kappa shape index (κ1) is 22.7. The standard InChI is InChI=1S/C20H27N3O5S2/c1-15-11-19(12-16(2)20(15)28-3)29(24,25)22-13-17-6-9-23(10-7-17)30(26,27)18-5-4-8-21-14-18/h4-5,8,11-12,14,17,22H,6-7,9-10,13H2,1-3H3. The van der Waals surface area contributed by atoms with Gasteiger partial charge in [-0.15, -0.1) is 0 Å². The van der Waals surface area contributed by atoms with Crippen LogP contribution >= 0.6 is 0 Å². The molecule has 0 radical (unpaired) electrons. The molecule has 1 aromatic carbocycles. The Morgan fingerprint density at radius 1 is 1.10 bits per heavy atom. The molecule has 30 heavy (non-hydrogen) atoms. The number of nitrogens with zero attached hydrogens (tertiary/aromatic N) is 2. The van der Waals surface area contributed by atoms with E-state index in [4.69, 9.17) is 4.74 Å². The van der Waals surface area contributed by atoms with Crippen LogP contribution in [0, 0.1) is 19.8 Å². The highest BCUT2D eigenvalue weighted by atomic mass is 32.2. The summed E-state index contributed by atoms with van der Waals surface area (Å²) in [5, 5.41) is 0. The summed E-state index contributed by atoms with van der Waals surface area (Å²) in [4.78, 5) is 4.26. The summed E-state index contributed by atoms with van der Waals surface area (Å²) in [6, 6.07) is 6.31. The van der Waals surface area contributed by atoms with Gasteiger partial charge in [-0.3, -0.25) is 4.98 Å². The van der Waals surface area contributed by atoms with Gasteiger partial charge in [-0.05, 0) is 68.0 Å². The molecule has 0 spiro atoms. The predicted molar refractivity (Wildman–Crippen MR) is 113 cm³/mol. The monoisotopic (exact) mass is 453 g/mol. The largest absolute Gasteiger partial charge is 0.496 e. The van der Waals surface area contributed by atoms with Crippen LogP contribution in [-0.2, 0) is 20.0 Å². The second-order valence-corrected chi connectivity index (χ2v) is 11.2. The van der Waals surface area contributed by atoms with Gasteiger partial charge in [-0.2, -0.15) is 4.31 Å². The summed E-state index contributed by atoms with van der Waals surface area (Å²) in [5.41, 5.74) is 1.51. The van der Waals surface area contributed by atoms with Crippen molar-refractivity contribution < 1.29 is 21.6 Å². The van der Waals surface area contributed by atoms with E-state index in [9.17, 15) is 16.8 Å². The van der Waals surface area contributed by atoms with Gasteiger partial charge in [0.15, 0.2) is 0 Å². The van der Waals surface area contributed by atoms with Gasteiger partial charge in [-0.1, -0.05) is 0 Å². The second kappa shape index (κ2) is 9.01. The number of benzene rings is 1. The number of piperidine rings is 1. The van der Waals surface area contributed by atoms with Crippen molar-refractivity contribution in [3.63, 3.8) is 0 Å². The number of rotatable bonds is 7. The lowest BCUT2D eigenvalue weighted by Gasteiger charge is -2.31. The summed E-state index contributed by atoms with van der Waals surface area (Å²) in [6.45, 7) is 4.59. The Morgan fingerprint density at radius 2 is 1.73 bits per heavy atom. The number of hydrogen-bond donors (Lipinski definition) is 1. The summed E-state index contributed by atoms with van der Waals surface area (Å²) < 4.78 is 60.2. The Balaban J connectivity index is 1.61. The first-order valence-corrected chi connectivity index (χ1v) is 12.6. The van der Waals surface area contributed by atoms with E-state index in [1.807, 2.05) is 13.8 Å². The molecular formula is C20H27N3O5S2. The molecule has 164 valence electrons. The highest BCUT2D eigenvalue weighted by molar-refractivity contribution is 7.89. The molecule has 10 heteroatoms. The highest BCUT2D eigenvalue weighted by Gasteiger charge is 2.30. The van der Waals surface area contributed by atoms with E-state index < -0.39 is 20.0 Å². The van der Waals surface area contributed by atoms with Crippen LogP contribution in [-0.4, -0.2) is 52.9 Å². The average molecular weight is 454 g/mol. The van der Waals surface area contributed by atoms with E-state index in [2.05, 4.69) is 9.71 Å². The molecule has 0 saturated carbocycles. The molecule has 1 saturated heterocycles. The van der Waals surface area contributed by atoms with Gasteiger partial charge < -0.3 is 4.74 Å². The van der Waals surface area contributed by atoms with Crippen molar-refractivity contribution in [2.45, 2.75) is 36.5 Å². The molecule has 2 aromatic rings. The van der Waals surface area contributed by atoms with E-state index in [0.717, 1.165) is 11.1 Å². The molecule has 8 nitrogen and oxygen atoms in total. The van der Waals surface area contributed by atoms with E-state index in [1.54, 1.807) is 25.3 Å². The number of nitrogens with one attached hydrogen (secondary N) is 1. The number of hydrogen-bond acceptors (Lipinski definition) is 6. The zero-order valence-electron chi connectivity index (χ0n) is 17.3. The predicted octanol–water partition coefficient (Wildman–Crippen LogP) is 2.09. The number of pyridine rings is 1. The average Bonchev–Trinajstić information content (AvgIpc) is 2.73. The summed E-state index contributed by atoms with van der Waals surface area (Å²) in [6.07, 6.45) is 4.04. The van der Waals surface area contributed by atoms with Gasteiger partial charge in [0.25, 0.3) is 0 Å². The SMILES string of the molecule is COc1c(C)cc(S(=O)(=O)NCC2CCN(S(=O)(=O)c3cccnc3)CC2)cc1C. The molecule has 1 N–H and O–H groups in total. The minimum atomic E-state index is -3.66. The maximum Gasteiger partial charge on any atom is 0.244 e. The smallest absolute Gasteiger partial charge is 0.244 e. The van der Waals surface area contributed by atoms with Crippen molar-refractivity contribution in [3.8, 4) is 5.75 Å². The summed E-state index contributed by atoms with van der Waals surface area (Å²) in [7, 11) is -5.67. The maximum absolute atomic E-state index is 12.7. The van der Waals surface area contributed by atoms with Crippen molar-refractivity contribution in [1.82, 2.24) is 14.0 Å². The zero-order valence-corrected chi connectivity index (χ0v) is 19.0. The minimum absolute atomic E-state index is 0.0700. The van der Waals surface area contributed by atoms with Gasteiger partial charge in [0.2, 0.25) is 20.0 Å². The molecule has 2 heterocycles. The third-order valence-electron chi connectivity index (χ3n) is 5.36. The fourth-order valence-electron chi connectivity index (χ4n) is 3.70. The van der Waals surface area contributed by atoms with Crippen LogP contribution in [0.15, 0.2) is 46.5 Å². The number of aryl methyl sites for hydroxylation is 2. The molecular weight excluding hydrogens is 426 g/mol. The van der Waals surface area contributed by atoms with Crippen LogP contribution in [0.4, 0.5) is 0 Å². The molecule has 0 atom stereocenters. The summed E-state index contributed by atoms with van der Waals surface area (Å²) in [5.74, 6) is 0.747. The second-order valence-electron chi connectivity index (χ2n) is 7.48. The Labute approximate surface area is 178 Å². The van der Waals surface area contributed by atoms with E-state index in [1.165, 1.54) is 22.8 Å². The Kier molecular flexibility index (Phi) is 6.81. The van der Waals surface area contributed by atoms with Crippen LogP contribution in [0.1, 0.15) is 24.0 Å². The fourth-order valence-corrected chi connectivity index (χ4v) is 6.42. The first-order chi connectivity index (χ1) is 14.1. The van der Waals surface area contributed by atoms with Crippen LogP contribution < -0.4 is 9.46 Å². The van der Waals surface area contributed by atoms with Crippen molar-refractivity contribution in [2.75, 3.05) is 26.7 Å². The van der Waals surface area contributed by atoms with Gasteiger partial charge in [-0.25, -0.2) is 21.6 Å². The zero-order chi connectivity index (χ0) is 21.9. The number of methoxy groups -OCH3 is 1. The molecule has 3 rings (SSSR count). The number of aromatic nitrogens is 1. The van der Waals surface area contributed by atoms with Gasteiger partial charge in [0.1, 0.15) is 10.6 Å². The Hall–Kier alpha value is -2.01. The molecule has 0 aliphatic carbocycles. The summed E-state index contributed by atoms with van der Waals surface area (Å²) >= 11 is 0. The van der Waals surface area contributed by atoms with Crippen LogP contribution in [0.2, 0.25) is 0 Å². The van der Waals surface area contributed by atoms with Crippen molar-refractivity contribution >= 4 is 20.0 Å². The highest BCUT2D eigenvalue weighted by Crippen LogP contribution is 2.27. The van der Waals surface area contributed by atoms with Gasteiger partial charge >= 0.3 is 0 Å². The fraction of sp³-hybridized carbons (Fsp3) is 0.450. The number of ether oxygens (including phenoxy) is 1. The van der Waals surface area contributed by atoms with Crippen LogP contribution in [0.25, 0.3) is 0 Å². The van der Waals surface area contributed by atoms with Crippen molar-refractivity contribution in [3.05, 3.63) is 47.8 Å². The quantitative estimate of drug-likeness (QED) is 0.688. The lowest BCUT2D eigenvalue weighted by Crippen LogP contribution is -2.41. The van der Waals surface area contributed by atoms with Gasteiger partial charge in [0.05, 0.1) is 12.0 Å². The normalized spacial score (nSPS) is 16.5. The van der Waals surface area contributed by atoms with Crippen LogP contribution in [0.5, 0.6) is 5.75 Å². The molecule has 0 bridgehead atoms. The maximum atomic E-state index is 12.7. The van der Waals surface area contributed by atoms with E-state index in [-0.39, 0.29) is 22.3 Å². The molecule has 0 unspecified atom stereocenters. The van der Waals surface area contributed by atoms with E-state index in [0.29, 0.717) is 31.7 Å². The minimum Gasteiger partial charge on any atom is -0.496 e. The Morgan fingerprint density at radius 3 is 2.27 bits per heavy atom. The third kappa shape index (κ3) is 4.83. The van der Waals surface area contributed by atoms with Crippen LogP contribution in [0.3, 0.4) is 0 Å². The topological polar surface area (TPSA) is 106 Å². The molecule has 0 amide bonds. The molecule has 1 aliphatic rings. The van der Waals surface area contributed by atoms with Crippen molar-refractivity contribution in [1.29, 1.82) is 0 Å². The molecule has 1 aromatic heterocycles. The number of sulfonamides is 2. The lowest BCUT2D eigenvalue weighted by atomic mass is 9.99. The third-order valence-corrected chi connectivity index (χ3v) is 8.64. The van der Waals surface area contributed by atoms with E-state index >= 15 is 0 Å². The lowest BCUT2D eigenvalue weighted by molar-refractivity contribution is 0.274.